The molecule has 5 nitrogen and oxygen atoms in total. The van der Waals surface area contributed by atoms with Gasteiger partial charge in [-0.1, -0.05) is 12.1 Å². The number of anilines is 3. The zero-order valence-electron chi connectivity index (χ0n) is 11.3. The highest BCUT2D eigenvalue weighted by molar-refractivity contribution is 5.91. The Morgan fingerprint density at radius 3 is 2.75 bits per heavy atom. The first-order chi connectivity index (χ1) is 9.60. The molecule has 0 spiro atoms. The Balaban J connectivity index is 2.24. The molecule has 0 aliphatic carbocycles. The van der Waals surface area contributed by atoms with Crippen LogP contribution >= 0.6 is 0 Å². The van der Waals surface area contributed by atoms with Gasteiger partial charge in [-0.2, -0.15) is 5.26 Å². The highest BCUT2D eigenvalue weighted by Crippen LogP contribution is 2.21. The van der Waals surface area contributed by atoms with Crippen molar-refractivity contribution in [3.63, 3.8) is 0 Å². The van der Waals surface area contributed by atoms with Crippen LogP contribution in [0.1, 0.15) is 12.6 Å². The molecular weight excluding hydrogens is 252 g/mol. The van der Waals surface area contributed by atoms with Crippen LogP contribution in [-0.2, 0) is 4.79 Å². The van der Waals surface area contributed by atoms with E-state index in [9.17, 15) is 4.79 Å². The molecule has 100 valence electrons. The lowest BCUT2D eigenvalue weighted by atomic mass is 10.2. The van der Waals surface area contributed by atoms with E-state index in [1.807, 2.05) is 30.3 Å². The Kier molecular flexibility index (Phi) is 3.96. The van der Waals surface area contributed by atoms with E-state index in [1.165, 1.54) is 6.92 Å². The largest absolute Gasteiger partial charge is 0.340 e. The monoisotopic (exact) mass is 266 g/mol. The molecule has 0 atom stereocenters. The summed E-state index contributed by atoms with van der Waals surface area (Å²) < 4.78 is 0. The van der Waals surface area contributed by atoms with Crippen LogP contribution in [0.3, 0.4) is 0 Å². The fourth-order valence-corrected chi connectivity index (χ4v) is 1.69. The first-order valence-electron chi connectivity index (χ1n) is 6.08. The third-order valence-corrected chi connectivity index (χ3v) is 2.84. The van der Waals surface area contributed by atoms with Gasteiger partial charge < -0.3 is 10.2 Å². The van der Waals surface area contributed by atoms with Gasteiger partial charge in [0.15, 0.2) is 0 Å². The third kappa shape index (κ3) is 3.12. The molecule has 1 aromatic carbocycles. The van der Waals surface area contributed by atoms with Crippen molar-refractivity contribution in [2.75, 3.05) is 17.3 Å². The Labute approximate surface area is 117 Å². The molecule has 1 heterocycles. The van der Waals surface area contributed by atoms with Crippen LogP contribution in [0.5, 0.6) is 0 Å². The van der Waals surface area contributed by atoms with Gasteiger partial charge in [0.1, 0.15) is 17.6 Å². The molecule has 1 amide bonds. The third-order valence-electron chi connectivity index (χ3n) is 2.84. The Morgan fingerprint density at radius 2 is 2.05 bits per heavy atom. The second kappa shape index (κ2) is 5.85. The summed E-state index contributed by atoms with van der Waals surface area (Å²) in [4.78, 5) is 17.1. The summed E-state index contributed by atoms with van der Waals surface area (Å²) in [6.07, 6.45) is 0. The molecular formula is C15H14N4O. The quantitative estimate of drug-likeness (QED) is 0.927. The first-order valence-corrected chi connectivity index (χ1v) is 6.08. The van der Waals surface area contributed by atoms with Crippen molar-refractivity contribution >= 4 is 23.1 Å². The van der Waals surface area contributed by atoms with Crippen LogP contribution < -0.4 is 10.2 Å². The molecule has 0 aliphatic rings. The lowest BCUT2D eigenvalue weighted by Gasteiger charge is -2.16. The topological polar surface area (TPSA) is 69.0 Å². The van der Waals surface area contributed by atoms with Crippen molar-refractivity contribution in [2.45, 2.75) is 6.92 Å². The van der Waals surface area contributed by atoms with Crippen LogP contribution in [0.15, 0.2) is 42.5 Å². The molecule has 0 unspecified atom stereocenters. The minimum Gasteiger partial charge on any atom is -0.340 e. The van der Waals surface area contributed by atoms with E-state index in [4.69, 9.17) is 5.26 Å². The maximum atomic E-state index is 11.4. The van der Waals surface area contributed by atoms with Crippen LogP contribution in [-0.4, -0.2) is 17.9 Å². The van der Waals surface area contributed by atoms with Crippen molar-refractivity contribution in [1.82, 2.24) is 4.98 Å². The van der Waals surface area contributed by atoms with E-state index in [2.05, 4.69) is 10.3 Å². The van der Waals surface area contributed by atoms with E-state index in [-0.39, 0.29) is 5.91 Å². The number of nitriles is 1. The average molecular weight is 266 g/mol. The van der Waals surface area contributed by atoms with Gasteiger partial charge in [-0.05, 0) is 30.3 Å². The molecule has 0 saturated carbocycles. The van der Waals surface area contributed by atoms with Gasteiger partial charge >= 0.3 is 0 Å². The zero-order valence-corrected chi connectivity index (χ0v) is 11.3. The van der Waals surface area contributed by atoms with Crippen molar-refractivity contribution in [3.05, 3.63) is 48.2 Å². The van der Waals surface area contributed by atoms with Gasteiger partial charge in [-0.15, -0.1) is 0 Å². The van der Waals surface area contributed by atoms with Gasteiger partial charge in [0.25, 0.3) is 0 Å². The summed E-state index contributed by atoms with van der Waals surface area (Å²) in [6.45, 7) is 1.51. The highest BCUT2D eigenvalue weighted by atomic mass is 16.2. The minimum absolute atomic E-state index is 0.0354. The second-order valence-electron chi connectivity index (χ2n) is 4.27. The van der Waals surface area contributed by atoms with Crippen molar-refractivity contribution < 1.29 is 4.79 Å². The van der Waals surface area contributed by atoms with E-state index in [0.717, 1.165) is 11.4 Å². The standard InChI is InChI=1S/C15H14N4O/c1-11(20)19(2)14-7-3-5-12(9-14)17-15-8-4-6-13(10-16)18-15/h3-9H,1-2H3,(H,17,18). The Hall–Kier alpha value is -2.87. The number of rotatable bonds is 3. The number of nitrogens with zero attached hydrogens (tertiary/aromatic N) is 3. The summed E-state index contributed by atoms with van der Waals surface area (Å²) in [7, 11) is 1.72. The fourth-order valence-electron chi connectivity index (χ4n) is 1.69. The van der Waals surface area contributed by atoms with Crippen molar-refractivity contribution in [3.8, 4) is 6.07 Å². The lowest BCUT2D eigenvalue weighted by molar-refractivity contribution is -0.116. The summed E-state index contributed by atoms with van der Waals surface area (Å²) in [5.41, 5.74) is 1.95. The minimum atomic E-state index is -0.0354. The first kappa shape index (κ1) is 13.6. The lowest BCUT2D eigenvalue weighted by Crippen LogP contribution is -2.22. The number of nitrogens with one attached hydrogen (secondary N) is 1. The molecule has 1 N–H and O–H groups in total. The number of hydrogen-bond acceptors (Lipinski definition) is 4. The summed E-state index contributed by atoms with van der Waals surface area (Å²) >= 11 is 0. The van der Waals surface area contributed by atoms with Gasteiger partial charge in [-0.25, -0.2) is 4.98 Å². The molecule has 1 aromatic heterocycles. The summed E-state index contributed by atoms with van der Waals surface area (Å²) in [6, 6.07) is 14.6. The molecule has 5 heteroatoms. The summed E-state index contributed by atoms with van der Waals surface area (Å²) in [5.74, 6) is 0.554. The number of pyridine rings is 1. The predicted molar refractivity (Wildman–Crippen MR) is 77.8 cm³/mol. The van der Waals surface area contributed by atoms with E-state index >= 15 is 0 Å². The summed E-state index contributed by atoms with van der Waals surface area (Å²) in [5, 5.41) is 11.9. The van der Waals surface area contributed by atoms with E-state index in [1.54, 1.807) is 30.1 Å². The molecule has 2 rings (SSSR count). The number of carbonyl (C=O) groups is 1. The maximum absolute atomic E-state index is 11.4. The number of hydrogen-bond donors (Lipinski definition) is 1. The second-order valence-corrected chi connectivity index (χ2v) is 4.27. The smallest absolute Gasteiger partial charge is 0.223 e. The number of benzene rings is 1. The number of amides is 1. The fraction of sp³-hybridized carbons (Fsp3) is 0.133. The number of carbonyl (C=O) groups excluding carboxylic acids is 1. The van der Waals surface area contributed by atoms with Crippen molar-refractivity contribution in [1.29, 1.82) is 5.26 Å². The SMILES string of the molecule is CC(=O)N(C)c1cccc(Nc2cccc(C#N)n2)c1. The van der Waals surface area contributed by atoms with Crippen LogP contribution in [0.4, 0.5) is 17.2 Å². The van der Waals surface area contributed by atoms with Crippen LogP contribution in [0.25, 0.3) is 0 Å². The molecule has 0 saturated heterocycles. The highest BCUT2D eigenvalue weighted by Gasteiger charge is 2.06. The van der Waals surface area contributed by atoms with Crippen LogP contribution in [0, 0.1) is 11.3 Å². The molecule has 0 fully saturated rings. The van der Waals surface area contributed by atoms with Gasteiger partial charge in [0, 0.05) is 25.3 Å². The maximum Gasteiger partial charge on any atom is 0.223 e. The molecule has 0 bridgehead atoms. The van der Waals surface area contributed by atoms with Gasteiger partial charge in [0.05, 0.1) is 0 Å². The van der Waals surface area contributed by atoms with Crippen molar-refractivity contribution in [2.24, 2.45) is 0 Å². The molecule has 0 radical (unpaired) electrons. The normalized spacial score (nSPS) is 9.65. The predicted octanol–water partition coefficient (Wildman–Crippen LogP) is 2.68. The van der Waals surface area contributed by atoms with E-state index in [0.29, 0.717) is 11.5 Å². The van der Waals surface area contributed by atoms with Gasteiger partial charge in [0.2, 0.25) is 5.91 Å². The van der Waals surface area contributed by atoms with E-state index < -0.39 is 0 Å². The molecule has 2 aromatic rings. The zero-order chi connectivity index (χ0) is 14.5. The Bertz CT molecular complexity index is 676. The molecule has 0 aliphatic heterocycles. The van der Waals surface area contributed by atoms with Crippen LogP contribution in [0.2, 0.25) is 0 Å². The molecule has 20 heavy (non-hydrogen) atoms. The number of aromatic nitrogens is 1. The van der Waals surface area contributed by atoms with Gasteiger partial charge in [-0.3, -0.25) is 4.79 Å². The Morgan fingerprint density at radius 1 is 1.30 bits per heavy atom. The average Bonchev–Trinajstić information content (AvgIpc) is 2.47.